The number of carbonyl (C=O) groups excluding carboxylic acids is 1. The largest absolute Gasteiger partial charge is 0.323 e. The van der Waals surface area contributed by atoms with Gasteiger partial charge < -0.3 is 5.32 Å². The van der Waals surface area contributed by atoms with Gasteiger partial charge in [0.05, 0.1) is 52.7 Å². The molecule has 1 aliphatic heterocycles. The van der Waals surface area contributed by atoms with Crippen molar-refractivity contribution in [3.63, 3.8) is 0 Å². The molecule has 2 unspecified atom stereocenters. The number of hydrogen-bond acceptors (Lipinski definition) is 6. The summed E-state index contributed by atoms with van der Waals surface area (Å²) >= 11 is 6.39. The SMILES string of the molecule is Cc1cn(-c2ccc(Cl)cc2-c2cc(=O)n(C3CCCC(C)C(=O)Nc4cnn(C)c4-c4ccnc3c4)cn2)nc1C. The first kappa shape index (κ1) is 27.6. The van der Waals surface area contributed by atoms with Gasteiger partial charge in [-0.2, -0.15) is 10.2 Å². The summed E-state index contributed by atoms with van der Waals surface area (Å²) in [4.78, 5) is 36.1. The van der Waals surface area contributed by atoms with Crippen molar-refractivity contribution in [2.45, 2.75) is 46.1 Å². The molecule has 1 amide bonds. The molecule has 5 heterocycles. The highest BCUT2D eigenvalue weighted by Gasteiger charge is 2.24. The lowest BCUT2D eigenvalue weighted by atomic mass is 9.97. The Kier molecular flexibility index (Phi) is 7.24. The number of anilines is 1. The first-order valence-electron chi connectivity index (χ1n) is 13.9. The molecule has 10 nitrogen and oxygen atoms in total. The van der Waals surface area contributed by atoms with E-state index in [1.54, 1.807) is 44.8 Å². The van der Waals surface area contributed by atoms with Crippen LogP contribution in [0.4, 0.5) is 5.69 Å². The van der Waals surface area contributed by atoms with Gasteiger partial charge in [0.2, 0.25) is 5.91 Å². The predicted octanol–water partition coefficient (Wildman–Crippen LogP) is 5.51. The van der Waals surface area contributed by atoms with Crippen LogP contribution >= 0.6 is 11.6 Å². The third-order valence-electron chi connectivity index (χ3n) is 7.95. The van der Waals surface area contributed by atoms with Crippen molar-refractivity contribution in [1.82, 2.24) is 34.1 Å². The van der Waals surface area contributed by atoms with Crippen molar-refractivity contribution < 1.29 is 4.79 Å². The van der Waals surface area contributed by atoms with E-state index >= 15 is 0 Å². The lowest BCUT2D eigenvalue weighted by Gasteiger charge is -2.22. The molecule has 0 saturated heterocycles. The molecular formula is C31H31ClN8O2. The molecule has 11 heteroatoms. The van der Waals surface area contributed by atoms with E-state index in [0.717, 1.165) is 40.3 Å². The van der Waals surface area contributed by atoms with E-state index in [1.165, 1.54) is 6.07 Å². The minimum Gasteiger partial charge on any atom is -0.323 e. The monoisotopic (exact) mass is 582 g/mol. The summed E-state index contributed by atoms with van der Waals surface area (Å²) in [5, 5.41) is 12.6. The van der Waals surface area contributed by atoms with Gasteiger partial charge in [-0.15, -0.1) is 0 Å². The molecule has 5 aromatic rings. The van der Waals surface area contributed by atoms with E-state index in [-0.39, 0.29) is 23.4 Å². The minimum absolute atomic E-state index is 0.0567. The minimum atomic E-state index is -0.374. The van der Waals surface area contributed by atoms with E-state index in [2.05, 4.69) is 20.5 Å². The number of hydrogen-bond donors (Lipinski definition) is 1. The number of fused-ring (bicyclic) bond motifs is 4. The predicted molar refractivity (Wildman–Crippen MR) is 162 cm³/mol. The molecule has 0 radical (unpaired) electrons. The summed E-state index contributed by atoms with van der Waals surface area (Å²) in [6.45, 7) is 5.87. The number of rotatable bonds is 3. The molecule has 214 valence electrons. The summed E-state index contributed by atoms with van der Waals surface area (Å²) in [7, 11) is 1.83. The number of nitrogens with zero attached hydrogens (tertiary/aromatic N) is 7. The number of aromatic nitrogens is 7. The molecule has 0 spiro atoms. The van der Waals surface area contributed by atoms with Gasteiger partial charge in [0, 0.05) is 47.6 Å². The van der Waals surface area contributed by atoms with Crippen molar-refractivity contribution >= 4 is 23.2 Å². The lowest BCUT2D eigenvalue weighted by Crippen LogP contribution is -2.27. The van der Waals surface area contributed by atoms with Crippen LogP contribution < -0.4 is 10.9 Å². The lowest BCUT2D eigenvalue weighted by molar-refractivity contribution is -0.119. The molecule has 0 aliphatic carbocycles. The first-order valence-corrected chi connectivity index (χ1v) is 14.3. The summed E-state index contributed by atoms with van der Waals surface area (Å²) in [5.41, 5.74) is 6.75. The molecule has 2 atom stereocenters. The van der Waals surface area contributed by atoms with Gasteiger partial charge in [0.15, 0.2) is 0 Å². The van der Waals surface area contributed by atoms with E-state index in [4.69, 9.17) is 16.6 Å². The van der Waals surface area contributed by atoms with Crippen LogP contribution in [0.2, 0.25) is 5.02 Å². The number of halogens is 1. The highest BCUT2D eigenvalue weighted by atomic mass is 35.5. The van der Waals surface area contributed by atoms with Gasteiger partial charge >= 0.3 is 0 Å². The Balaban J connectivity index is 1.44. The number of aryl methyl sites for hydroxylation is 3. The molecule has 2 bridgehead atoms. The van der Waals surface area contributed by atoms with Gasteiger partial charge in [0.25, 0.3) is 5.56 Å². The van der Waals surface area contributed by atoms with Gasteiger partial charge in [-0.05, 0) is 62.6 Å². The van der Waals surface area contributed by atoms with Crippen molar-refractivity contribution in [1.29, 1.82) is 0 Å². The van der Waals surface area contributed by atoms with E-state index in [0.29, 0.717) is 34.8 Å². The highest BCUT2D eigenvalue weighted by Crippen LogP contribution is 2.33. The van der Waals surface area contributed by atoms with Gasteiger partial charge in [-0.25, -0.2) is 9.67 Å². The van der Waals surface area contributed by atoms with Crippen LogP contribution in [0.25, 0.3) is 28.2 Å². The molecular weight excluding hydrogens is 552 g/mol. The summed E-state index contributed by atoms with van der Waals surface area (Å²) in [5.74, 6) is -0.267. The van der Waals surface area contributed by atoms with Gasteiger partial charge in [-0.1, -0.05) is 24.9 Å². The second kappa shape index (κ2) is 11.0. The Labute approximate surface area is 248 Å². The quantitative estimate of drug-likeness (QED) is 0.300. The molecule has 4 aromatic heterocycles. The third-order valence-corrected chi connectivity index (χ3v) is 8.19. The zero-order chi connectivity index (χ0) is 29.5. The van der Waals surface area contributed by atoms with Crippen LogP contribution in [0.5, 0.6) is 0 Å². The van der Waals surface area contributed by atoms with Crippen molar-refractivity contribution in [2.24, 2.45) is 13.0 Å². The van der Waals surface area contributed by atoms with Crippen molar-refractivity contribution in [3.05, 3.63) is 93.6 Å². The Morgan fingerprint density at radius 2 is 1.88 bits per heavy atom. The Bertz CT molecular complexity index is 1850. The zero-order valence-corrected chi connectivity index (χ0v) is 24.6. The molecule has 1 aromatic carbocycles. The summed E-state index contributed by atoms with van der Waals surface area (Å²) in [6.07, 6.45) is 8.90. The van der Waals surface area contributed by atoms with Crippen LogP contribution in [0.15, 0.2) is 66.1 Å². The van der Waals surface area contributed by atoms with Crippen LogP contribution in [0.3, 0.4) is 0 Å². The number of nitrogens with one attached hydrogen (secondary N) is 1. The smallest absolute Gasteiger partial charge is 0.254 e. The van der Waals surface area contributed by atoms with E-state index in [9.17, 15) is 9.59 Å². The molecule has 1 N–H and O–H groups in total. The molecule has 42 heavy (non-hydrogen) atoms. The first-order chi connectivity index (χ1) is 20.2. The average Bonchev–Trinajstić information content (AvgIpc) is 3.50. The van der Waals surface area contributed by atoms with Crippen molar-refractivity contribution in [3.8, 4) is 28.2 Å². The van der Waals surface area contributed by atoms with Crippen LogP contribution in [0.1, 0.15) is 49.2 Å². The van der Waals surface area contributed by atoms with Crippen molar-refractivity contribution in [2.75, 3.05) is 5.32 Å². The Morgan fingerprint density at radius 1 is 1.05 bits per heavy atom. The normalized spacial score (nSPS) is 17.2. The fraction of sp³-hybridized carbons (Fsp3) is 0.290. The Hall–Kier alpha value is -4.57. The van der Waals surface area contributed by atoms with E-state index < -0.39 is 0 Å². The highest BCUT2D eigenvalue weighted by molar-refractivity contribution is 6.31. The maximum Gasteiger partial charge on any atom is 0.254 e. The summed E-state index contributed by atoms with van der Waals surface area (Å²) < 4.78 is 5.15. The van der Waals surface area contributed by atoms with Crippen LogP contribution in [-0.4, -0.2) is 40.0 Å². The second-order valence-corrected chi connectivity index (χ2v) is 11.3. The van der Waals surface area contributed by atoms with Gasteiger partial charge in [0.1, 0.15) is 0 Å². The number of benzene rings is 1. The zero-order valence-electron chi connectivity index (χ0n) is 23.9. The number of carbonyl (C=O) groups is 1. The maximum atomic E-state index is 13.8. The number of amides is 1. The third kappa shape index (κ3) is 5.14. The van der Waals surface area contributed by atoms with E-state index in [1.807, 2.05) is 52.2 Å². The standard InChI is InChI=1S/C31H31ClN8O2/c1-18-6-5-7-28(25-12-21(10-11-33-25)30-26(36-31(18)42)15-35-38(30)4)39-17-34-24(14-29(39)41)23-13-22(32)8-9-27(23)40-16-19(2)20(3)37-40/h8-18,28H,5-7H2,1-4H3,(H,36,42). The topological polar surface area (TPSA) is 113 Å². The maximum absolute atomic E-state index is 13.8. The summed E-state index contributed by atoms with van der Waals surface area (Å²) in [6, 6.07) is 10.5. The molecule has 0 fully saturated rings. The molecule has 6 rings (SSSR count). The fourth-order valence-electron chi connectivity index (χ4n) is 5.46. The van der Waals surface area contributed by atoms with Crippen LogP contribution in [-0.2, 0) is 11.8 Å². The number of pyridine rings is 1. The average molecular weight is 583 g/mol. The van der Waals surface area contributed by atoms with Crippen LogP contribution in [0, 0.1) is 19.8 Å². The second-order valence-electron chi connectivity index (χ2n) is 10.9. The fourth-order valence-corrected chi connectivity index (χ4v) is 5.63. The molecule has 0 saturated carbocycles. The van der Waals surface area contributed by atoms with Gasteiger partial charge in [-0.3, -0.25) is 23.8 Å². The molecule has 1 aliphatic rings. The Morgan fingerprint density at radius 3 is 2.64 bits per heavy atom.